The minimum Gasteiger partial charge on any atom is -0.479 e. The first-order valence-corrected chi connectivity index (χ1v) is 13.8. The fourth-order valence-corrected chi connectivity index (χ4v) is 5.21. The van der Waals surface area contributed by atoms with Gasteiger partial charge in [-0.05, 0) is 48.6 Å². The normalized spacial score (nSPS) is 17.1. The van der Waals surface area contributed by atoms with Crippen molar-refractivity contribution in [2.24, 2.45) is 9.98 Å². The van der Waals surface area contributed by atoms with Gasteiger partial charge in [0.1, 0.15) is 18.1 Å². The van der Waals surface area contributed by atoms with Gasteiger partial charge in [-0.2, -0.15) is 0 Å². The topological polar surface area (TPSA) is 168 Å². The molecule has 2 aliphatic heterocycles. The summed E-state index contributed by atoms with van der Waals surface area (Å²) < 4.78 is 33.5. The number of nitrogens with one attached hydrogen (secondary N) is 4. The van der Waals surface area contributed by atoms with Gasteiger partial charge in [-0.1, -0.05) is 18.2 Å². The molecule has 4 heterocycles. The van der Waals surface area contributed by atoms with Gasteiger partial charge >= 0.3 is 0 Å². The number of rotatable bonds is 6. The van der Waals surface area contributed by atoms with E-state index in [-0.39, 0.29) is 28.1 Å². The van der Waals surface area contributed by atoms with Crippen LogP contribution in [0.3, 0.4) is 0 Å². The molecule has 0 fully saturated rings. The highest BCUT2D eigenvalue weighted by molar-refractivity contribution is 7.92. The Labute approximate surface area is 234 Å². The molecule has 0 saturated carbocycles. The number of sulfonamides is 1. The van der Waals surface area contributed by atoms with Crippen LogP contribution < -0.4 is 25.4 Å². The summed E-state index contributed by atoms with van der Waals surface area (Å²) in [7, 11) is -3.84. The Kier molecular flexibility index (Phi) is 6.71. The van der Waals surface area contributed by atoms with Gasteiger partial charge in [-0.15, -0.1) is 0 Å². The van der Waals surface area contributed by atoms with Crippen LogP contribution in [0.1, 0.15) is 11.6 Å². The van der Waals surface area contributed by atoms with E-state index in [1.54, 1.807) is 30.6 Å². The first-order valence-electron chi connectivity index (χ1n) is 11.9. The van der Waals surface area contributed by atoms with Gasteiger partial charge in [0, 0.05) is 23.6 Å². The van der Waals surface area contributed by atoms with Gasteiger partial charge in [0.25, 0.3) is 10.0 Å². The second kappa shape index (κ2) is 10.6. The molecule has 0 bridgehead atoms. The SMILES string of the molecule is O=S(=O)(Nc1ncccn1)c1ccc(NC(=S)Nc2cnc(NC3=NC=NC4c5ccccc5OC34)nc2)cc1. The van der Waals surface area contributed by atoms with Crippen LogP contribution in [0.15, 0.2) is 94.3 Å². The fourth-order valence-electron chi connectivity index (χ4n) is 4.02. The third kappa shape index (κ3) is 5.41. The predicted octanol–water partition coefficient (Wildman–Crippen LogP) is 3.23. The van der Waals surface area contributed by atoms with Crippen LogP contribution in [-0.2, 0) is 10.0 Å². The van der Waals surface area contributed by atoms with E-state index in [2.05, 4.69) is 50.6 Å². The summed E-state index contributed by atoms with van der Waals surface area (Å²) in [6.07, 6.45) is 7.14. The van der Waals surface area contributed by atoms with Crippen LogP contribution in [0.2, 0.25) is 0 Å². The van der Waals surface area contributed by atoms with Crippen molar-refractivity contribution >= 4 is 62.8 Å². The van der Waals surface area contributed by atoms with Crippen molar-refractivity contribution < 1.29 is 13.2 Å². The van der Waals surface area contributed by atoms with Gasteiger partial charge in [-0.3, -0.25) is 4.99 Å². The molecule has 40 heavy (non-hydrogen) atoms. The van der Waals surface area contributed by atoms with E-state index in [9.17, 15) is 8.42 Å². The Morgan fingerprint density at radius 3 is 2.35 bits per heavy atom. The molecular formula is C25H20N10O3S2. The number of hydrogen-bond acceptors (Lipinski definition) is 11. The number of ether oxygens (including phenoxy) is 1. The zero-order valence-corrected chi connectivity index (χ0v) is 22.1. The van der Waals surface area contributed by atoms with Crippen LogP contribution >= 0.6 is 12.2 Å². The lowest BCUT2D eigenvalue weighted by Crippen LogP contribution is -2.36. The van der Waals surface area contributed by atoms with Gasteiger partial charge in [-0.25, -0.2) is 38.1 Å². The summed E-state index contributed by atoms with van der Waals surface area (Å²) in [4.78, 5) is 25.2. The van der Waals surface area contributed by atoms with E-state index in [0.717, 1.165) is 11.3 Å². The van der Waals surface area contributed by atoms with Crippen LogP contribution in [-0.4, -0.2) is 51.7 Å². The quantitative estimate of drug-likeness (QED) is 0.250. The van der Waals surface area contributed by atoms with Crippen molar-refractivity contribution in [2.75, 3.05) is 20.7 Å². The smallest absolute Gasteiger partial charge is 0.264 e. The number of anilines is 4. The average Bonchev–Trinajstić information content (AvgIpc) is 3.35. The van der Waals surface area contributed by atoms with E-state index in [4.69, 9.17) is 17.0 Å². The number of thiocarbonyl (C=S) groups is 1. The molecule has 2 atom stereocenters. The highest BCUT2D eigenvalue weighted by Crippen LogP contribution is 2.40. The number of nitrogens with zero attached hydrogens (tertiary/aromatic N) is 6. The molecule has 2 aromatic carbocycles. The van der Waals surface area contributed by atoms with Crippen molar-refractivity contribution in [3.05, 3.63) is 84.9 Å². The van der Waals surface area contributed by atoms with E-state index in [0.29, 0.717) is 23.2 Å². The number of aromatic nitrogens is 4. The first-order chi connectivity index (χ1) is 19.4. The summed E-state index contributed by atoms with van der Waals surface area (Å²) in [5.41, 5.74) is 2.13. The molecule has 0 radical (unpaired) electrons. The monoisotopic (exact) mass is 572 g/mol. The minimum atomic E-state index is -3.84. The van der Waals surface area contributed by atoms with E-state index in [1.165, 1.54) is 30.9 Å². The lowest BCUT2D eigenvalue weighted by atomic mass is 10.0. The predicted molar refractivity (Wildman–Crippen MR) is 154 cm³/mol. The van der Waals surface area contributed by atoms with Gasteiger partial charge in [0.05, 0.1) is 23.0 Å². The van der Waals surface area contributed by atoms with Crippen molar-refractivity contribution in [3.63, 3.8) is 0 Å². The van der Waals surface area contributed by atoms with E-state index >= 15 is 0 Å². The minimum absolute atomic E-state index is 0.0132. The Morgan fingerprint density at radius 2 is 1.57 bits per heavy atom. The molecule has 2 aromatic heterocycles. The highest BCUT2D eigenvalue weighted by atomic mass is 32.2. The summed E-state index contributed by atoms with van der Waals surface area (Å²) in [5, 5.41) is 9.36. The number of amidine groups is 1. The molecule has 0 saturated heterocycles. The van der Waals surface area contributed by atoms with Crippen molar-refractivity contribution in [1.29, 1.82) is 0 Å². The van der Waals surface area contributed by atoms with Gasteiger partial charge < -0.3 is 20.7 Å². The van der Waals surface area contributed by atoms with Crippen molar-refractivity contribution in [1.82, 2.24) is 19.9 Å². The molecule has 2 unspecified atom stereocenters. The third-order valence-electron chi connectivity index (χ3n) is 5.84. The zero-order valence-electron chi connectivity index (χ0n) is 20.5. The highest BCUT2D eigenvalue weighted by Gasteiger charge is 2.39. The number of fused-ring (bicyclic) bond motifs is 3. The van der Waals surface area contributed by atoms with E-state index in [1.807, 2.05) is 24.3 Å². The second-order valence-corrected chi connectivity index (χ2v) is 10.6. The lowest BCUT2D eigenvalue weighted by molar-refractivity contribution is 0.275. The van der Waals surface area contributed by atoms with Gasteiger partial charge in [0.15, 0.2) is 17.1 Å². The Hall–Kier alpha value is -5.02. The van der Waals surface area contributed by atoms with Crippen LogP contribution in [0, 0.1) is 0 Å². The van der Waals surface area contributed by atoms with Gasteiger partial charge in [0.2, 0.25) is 11.9 Å². The maximum atomic E-state index is 12.5. The third-order valence-corrected chi connectivity index (χ3v) is 7.38. The average molecular weight is 573 g/mol. The molecule has 0 spiro atoms. The molecule has 4 aromatic rings. The first kappa shape index (κ1) is 25.3. The molecule has 0 aliphatic carbocycles. The molecule has 0 amide bonds. The molecular weight excluding hydrogens is 552 g/mol. The maximum Gasteiger partial charge on any atom is 0.264 e. The van der Waals surface area contributed by atoms with Crippen LogP contribution in [0.5, 0.6) is 5.75 Å². The van der Waals surface area contributed by atoms with Crippen LogP contribution in [0.4, 0.5) is 23.3 Å². The molecule has 6 rings (SSSR count). The molecule has 13 nitrogen and oxygen atoms in total. The Morgan fingerprint density at radius 1 is 0.850 bits per heavy atom. The number of aliphatic imine (C=N–C) groups is 2. The van der Waals surface area contributed by atoms with Crippen molar-refractivity contribution in [2.45, 2.75) is 17.0 Å². The Balaban J connectivity index is 1.04. The lowest BCUT2D eigenvalue weighted by Gasteiger charge is -2.21. The second-order valence-electron chi connectivity index (χ2n) is 8.50. The summed E-state index contributed by atoms with van der Waals surface area (Å²) in [6.45, 7) is 0. The standard InChI is InChI=1S/C25H20N10O3S2/c36-40(37,35-24-26-10-3-11-27-24)17-8-6-15(7-9-17)32-25(39)33-16-12-28-23(29-13-16)34-22-21-20(30-14-31-22)18-4-1-2-5-19(18)38-21/h1-14,20-21H,(H,26,27,35)(H2,32,33,39)(H,28,29,30,31,34). The number of benzene rings is 2. The van der Waals surface area contributed by atoms with Crippen molar-refractivity contribution in [3.8, 4) is 5.75 Å². The molecule has 200 valence electrons. The molecule has 15 heteroatoms. The molecule has 2 aliphatic rings. The number of para-hydroxylation sites is 1. The largest absolute Gasteiger partial charge is 0.479 e. The Bertz CT molecular complexity index is 1710. The maximum absolute atomic E-state index is 12.5. The summed E-state index contributed by atoms with van der Waals surface area (Å²) >= 11 is 5.37. The van der Waals surface area contributed by atoms with Crippen LogP contribution in [0.25, 0.3) is 0 Å². The summed E-state index contributed by atoms with van der Waals surface area (Å²) in [5.74, 6) is 1.66. The fraction of sp³-hybridized carbons (Fsp3) is 0.0800. The number of hydrogen-bond donors (Lipinski definition) is 4. The zero-order chi connectivity index (χ0) is 27.5. The summed E-state index contributed by atoms with van der Waals surface area (Å²) in [6, 6.07) is 15.2. The van der Waals surface area contributed by atoms with E-state index < -0.39 is 10.0 Å². The molecule has 4 N–H and O–H groups in total.